The molecule has 0 aliphatic heterocycles. The summed E-state index contributed by atoms with van der Waals surface area (Å²) in [6, 6.07) is 16.8. The van der Waals surface area contributed by atoms with Gasteiger partial charge in [-0.3, -0.25) is 4.79 Å². The van der Waals surface area contributed by atoms with Gasteiger partial charge in [-0.25, -0.2) is 4.79 Å². The van der Waals surface area contributed by atoms with Crippen molar-refractivity contribution < 1.29 is 4.79 Å². The van der Waals surface area contributed by atoms with Crippen molar-refractivity contribution in [1.29, 1.82) is 0 Å². The average molecular weight is 293 g/mol. The van der Waals surface area contributed by atoms with Crippen molar-refractivity contribution in [2.75, 3.05) is 7.05 Å². The predicted molar refractivity (Wildman–Crippen MR) is 84.6 cm³/mol. The lowest BCUT2D eigenvalue weighted by Crippen LogP contribution is -2.29. The second-order valence-electron chi connectivity index (χ2n) is 5.08. The Bertz CT molecular complexity index is 872. The van der Waals surface area contributed by atoms with E-state index in [-0.39, 0.29) is 11.6 Å². The minimum Gasteiger partial charge on any atom is -0.336 e. The Balaban J connectivity index is 1.96. The molecular formula is C17H15N3O2. The Hall–Kier alpha value is -2.95. The zero-order valence-corrected chi connectivity index (χ0v) is 12.1. The van der Waals surface area contributed by atoms with E-state index < -0.39 is 5.69 Å². The van der Waals surface area contributed by atoms with E-state index in [1.165, 1.54) is 0 Å². The summed E-state index contributed by atoms with van der Waals surface area (Å²) in [5.74, 6) is -0.272. The monoisotopic (exact) mass is 293 g/mol. The Morgan fingerprint density at radius 2 is 1.77 bits per heavy atom. The van der Waals surface area contributed by atoms with Crippen LogP contribution in [0.15, 0.2) is 59.4 Å². The van der Waals surface area contributed by atoms with E-state index in [2.05, 4.69) is 9.97 Å². The number of amides is 1. The van der Waals surface area contributed by atoms with Crippen LogP contribution in [0.25, 0.3) is 10.9 Å². The van der Waals surface area contributed by atoms with Gasteiger partial charge >= 0.3 is 5.69 Å². The third-order valence-electron chi connectivity index (χ3n) is 3.45. The lowest BCUT2D eigenvalue weighted by Gasteiger charge is -2.17. The number of aromatic amines is 1. The van der Waals surface area contributed by atoms with E-state index in [0.717, 1.165) is 5.56 Å². The minimum atomic E-state index is -0.518. The van der Waals surface area contributed by atoms with E-state index in [4.69, 9.17) is 0 Å². The van der Waals surface area contributed by atoms with Crippen molar-refractivity contribution in [3.05, 3.63) is 76.3 Å². The van der Waals surface area contributed by atoms with Gasteiger partial charge in [-0.05, 0) is 11.6 Å². The summed E-state index contributed by atoms with van der Waals surface area (Å²) < 4.78 is 0. The minimum absolute atomic E-state index is 0.179. The Kier molecular flexibility index (Phi) is 3.70. The molecular weight excluding hydrogens is 278 g/mol. The standard InChI is InChI=1S/C17H15N3O2/c1-20(11-12-7-3-2-4-8-12)16(21)15-13-9-5-6-10-14(13)18-17(22)19-15/h2-10H,11H2,1H3,(H,18,19,22). The predicted octanol–water partition coefficient (Wildman–Crippen LogP) is 2.20. The zero-order valence-electron chi connectivity index (χ0n) is 12.1. The van der Waals surface area contributed by atoms with Crippen molar-refractivity contribution in [3.63, 3.8) is 0 Å². The van der Waals surface area contributed by atoms with Crippen LogP contribution in [0.1, 0.15) is 16.1 Å². The molecule has 0 bridgehead atoms. The number of hydrogen-bond acceptors (Lipinski definition) is 3. The lowest BCUT2D eigenvalue weighted by atomic mass is 10.1. The Morgan fingerprint density at radius 3 is 2.55 bits per heavy atom. The summed E-state index contributed by atoms with van der Waals surface area (Å²) in [5, 5.41) is 0.645. The highest BCUT2D eigenvalue weighted by molar-refractivity contribution is 6.03. The second-order valence-corrected chi connectivity index (χ2v) is 5.08. The number of carbonyl (C=O) groups excluding carboxylic acids is 1. The molecule has 0 saturated carbocycles. The summed E-state index contributed by atoms with van der Waals surface area (Å²) in [4.78, 5) is 32.3. The van der Waals surface area contributed by atoms with Gasteiger partial charge < -0.3 is 9.88 Å². The molecule has 5 heteroatoms. The molecule has 0 spiro atoms. The van der Waals surface area contributed by atoms with E-state index in [0.29, 0.717) is 17.4 Å². The molecule has 0 fully saturated rings. The van der Waals surface area contributed by atoms with Crippen LogP contribution in [0.4, 0.5) is 0 Å². The van der Waals surface area contributed by atoms with Gasteiger partial charge in [0.25, 0.3) is 5.91 Å². The van der Waals surface area contributed by atoms with Crippen LogP contribution < -0.4 is 5.69 Å². The summed E-state index contributed by atoms with van der Waals surface area (Å²) in [7, 11) is 1.70. The molecule has 0 aliphatic rings. The highest BCUT2D eigenvalue weighted by atomic mass is 16.2. The number of carbonyl (C=O) groups is 1. The molecule has 1 amide bonds. The number of nitrogens with zero attached hydrogens (tertiary/aromatic N) is 2. The summed E-state index contributed by atoms with van der Waals surface area (Å²) in [6.07, 6.45) is 0. The first-order chi connectivity index (χ1) is 10.6. The van der Waals surface area contributed by atoms with Crippen LogP contribution in [0, 0.1) is 0 Å². The highest BCUT2D eigenvalue weighted by Gasteiger charge is 2.17. The molecule has 110 valence electrons. The molecule has 0 unspecified atom stereocenters. The maximum atomic E-state index is 12.6. The van der Waals surface area contributed by atoms with Crippen LogP contribution in [0.3, 0.4) is 0 Å². The van der Waals surface area contributed by atoms with Gasteiger partial charge in [-0.1, -0.05) is 48.5 Å². The van der Waals surface area contributed by atoms with Crippen molar-refractivity contribution in [2.24, 2.45) is 0 Å². The number of benzene rings is 2. The van der Waals surface area contributed by atoms with Gasteiger partial charge in [0.05, 0.1) is 5.52 Å². The van der Waals surface area contributed by atoms with Gasteiger partial charge in [0.1, 0.15) is 5.69 Å². The number of para-hydroxylation sites is 1. The van der Waals surface area contributed by atoms with Gasteiger partial charge in [-0.2, -0.15) is 4.98 Å². The number of H-pyrrole nitrogens is 1. The topological polar surface area (TPSA) is 66.1 Å². The number of rotatable bonds is 3. The van der Waals surface area contributed by atoms with Gasteiger partial charge in [-0.15, -0.1) is 0 Å². The molecule has 1 aromatic heterocycles. The van der Waals surface area contributed by atoms with E-state index in [1.54, 1.807) is 30.1 Å². The number of nitrogens with one attached hydrogen (secondary N) is 1. The van der Waals surface area contributed by atoms with Crippen molar-refractivity contribution >= 4 is 16.8 Å². The molecule has 22 heavy (non-hydrogen) atoms. The largest absolute Gasteiger partial charge is 0.346 e. The number of aromatic nitrogens is 2. The first-order valence-electron chi connectivity index (χ1n) is 6.93. The van der Waals surface area contributed by atoms with Crippen LogP contribution >= 0.6 is 0 Å². The molecule has 2 aromatic carbocycles. The normalized spacial score (nSPS) is 10.6. The fourth-order valence-corrected chi connectivity index (χ4v) is 2.38. The molecule has 0 aliphatic carbocycles. The summed E-state index contributed by atoms with van der Waals surface area (Å²) in [6.45, 7) is 0.461. The van der Waals surface area contributed by atoms with Crippen LogP contribution in [0.2, 0.25) is 0 Å². The fraction of sp³-hybridized carbons (Fsp3) is 0.118. The van der Waals surface area contributed by atoms with Crippen molar-refractivity contribution in [2.45, 2.75) is 6.54 Å². The van der Waals surface area contributed by atoms with E-state index in [9.17, 15) is 9.59 Å². The van der Waals surface area contributed by atoms with E-state index in [1.807, 2.05) is 36.4 Å². The molecule has 0 atom stereocenters. The lowest BCUT2D eigenvalue weighted by molar-refractivity contribution is 0.0781. The third kappa shape index (κ3) is 2.74. The maximum Gasteiger partial charge on any atom is 0.346 e. The Labute approximate surface area is 127 Å². The molecule has 1 N–H and O–H groups in total. The van der Waals surface area contributed by atoms with E-state index >= 15 is 0 Å². The van der Waals surface area contributed by atoms with Gasteiger partial charge in [0, 0.05) is 19.0 Å². The average Bonchev–Trinajstić information content (AvgIpc) is 2.54. The first-order valence-corrected chi connectivity index (χ1v) is 6.93. The third-order valence-corrected chi connectivity index (χ3v) is 3.45. The first kappa shape index (κ1) is 14.0. The van der Waals surface area contributed by atoms with Crippen molar-refractivity contribution in [3.8, 4) is 0 Å². The number of fused-ring (bicyclic) bond motifs is 1. The molecule has 3 aromatic rings. The molecule has 0 radical (unpaired) electrons. The maximum absolute atomic E-state index is 12.6. The SMILES string of the molecule is CN(Cc1ccccc1)C(=O)c1nc(=O)[nH]c2ccccc12. The Morgan fingerprint density at radius 1 is 1.09 bits per heavy atom. The van der Waals surface area contributed by atoms with Crippen LogP contribution in [-0.2, 0) is 6.54 Å². The molecule has 1 heterocycles. The van der Waals surface area contributed by atoms with Crippen LogP contribution in [-0.4, -0.2) is 27.8 Å². The summed E-state index contributed by atoms with van der Waals surface area (Å²) >= 11 is 0. The zero-order chi connectivity index (χ0) is 15.5. The fourth-order valence-electron chi connectivity index (χ4n) is 2.38. The van der Waals surface area contributed by atoms with Gasteiger partial charge in [0.2, 0.25) is 0 Å². The molecule has 5 nitrogen and oxygen atoms in total. The highest BCUT2D eigenvalue weighted by Crippen LogP contribution is 2.15. The summed E-state index contributed by atoms with van der Waals surface area (Å²) in [5.41, 5.74) is 1.29. The quantitative estimate of drug-likeness (QED) is 0.805. The second kappa shape index (κ2) is 5.81. The molecule has 3 rings (SSSR count). The van der Waals surface area contributed by atoms with Gasteiger partial charge in [0.15, 0.2) is 0 Å². The molecule has 0 saturated heterocycles. The van der Waals surface area contributed by atoms with Crippen molar-refractivity contribution in [1.82, 2.24) is 14.9 Å². The van der Waals surface area contributed by atoms with Crippen LogP contribution in [0.5, 0.6) is 0 Å². The number of hydrogen-bond donors (Lipinski definition) is 1. The smallest absolute Gasteiger partial charge is 0.336 e.